The molecule has 28 heavy (non-hydrogen) atoms. The van der Waals surface area contributed by atoms with Gasteiger partial charge in [-0.05, 0) is 43.5 Å². The third kappa shape index (κ3) is 6.77. The highest BCUT2D eigenvalue weighted by Crippen LogP contribution is 2.26. The Bertz CT molecular complexity index is 649. The second-order valence-electron chi connectivity index (χ2n) is 7.32. The molecule has 1 aliphatic carbocycles. The van der Waals surface area contributed by atoms with Gasteiger partial charge in [0.25, 0.3) is 5.91 Å². The molecule has 0 spiro atoms. The highest BCUT2D eigenvalue weighted by atomic mass is 127. The largest absolute Gasteiger partial charge is 0.355 e. The summed E-state index contributed by atoms with van der Waals surface area (Å²) in [5, 5.41) is 10.3. The number of hydrogen-bond donors (Lipinski definition) is 3. The Morgan fingerprint density at radius 1 is 1.14 bits per heavy atom. The molecule has 1 saturated heterocycles. The maximum Gasteiger partial charge on any atom is 0.251 e. The molecule has 1 atom stereocenters. The second-order valence-corrected chi connectivity index (χ2v) is 7.76. The molecule has 0 bridgehead atoms. The van der Waals surface area contributed by atoms with Crippen LogP contribution in [0.5, 0.6) is 0 Å². The summed E-state index contributed by atoms with van der Waals surface area (Å²) in [5.74, 6) is 0.702. The minimum absolute atomic E-state index is 0. The maximum atomic E-state index is 12.1. The van der Waals surface area contributed by atoms with Crippen LogP contribution in [0, 0.1) is 0 Å². The highest BCUT2D eigenvalue weighted by Gasteiger charge is 2.30. The molecule has 1 heterocycles. The number of carbonyl (C=O) groups is 1. The second kappa shape index (κ2) is 11.8. The molecule has 0 aromatic heterocycles. The first-order valence-electron chi connectivity index (χ1n) is 9.90. The lowest BCUT2D eigenvalue weighted by atomic mass is 10.2. The van der Waals surface area contributed by atoms with Gasteiger partial charge in [0, 0.05) is 55.9 Å². The molecular weight excluding hydrogens is 489 g/mol. The third-order valence-corrected chi connectivity index (χ3v) is 5.69. The quantitative estimate of drug-likeness (QED) is 0.234. The van der Waals surface area contributed by atoms with Crippen LogP contribution in [0.15, 0.2) is 29.3 Å². The molecule has 1 aromatic rings. The summed E-state index contributed by atoms with van der Waals surface area (Å²) in [7, 11) is 1.78. The Kier molecular flexibility index (Phi) is 9.81. The van der Waals surface area contributed by atoms with Crippen LogP contribution in [0.1, 0.15) is 42.5 Å². The van der Waals surface area contributed by atoms with Gasteiger partial charge in [-0.15, -0.1) is 24.0 Å². The Balaban J connectivity index is 0.00000280. The van der Waals surface area contributed by atoms with Crippen molar-refractivity contribution < 1.29 is 4.79 Å². The number of nitrogens with zero attached hydrogens (tertiary/aromatic N) is 2. The van der Waals surface area contributed by atoms with Gasteiger partial charge in [-0.25, -0.2) is 0 Å². The molecule has 156 valence electrons. The summed E-state index contributed by atoms with van der Waals surface area (Å²) < 4.78 is 0. The smallest absolute Gasteiger partial charge is 0.251 e. The van der Waals surface area contributed by atoms with Crippen molar-refractivity contribution in [3.63, 3.8) is 0 Å². The van der Waals surface area contributed by atoms with Crippen molar-refractivity contribution in [2.75, 3.05) is 33.2 Å². The molecular formula is C20H31ClIN5O. The molecule has 3 N–H and O–H groups in total. The van der Waals surface area contributed by atoms with E-state index >= 15 is 0 Å². The van der Waals surface area contributed by atoms with Crippen LogP contribution in [-0.4, -0.2) is 62.1 Å². The molecule has 1 saturated carbocycles. The van der Waals surface area contributed by atoms with Gasteiger partial charge >= 0.3 is 0 Å². The third-order valence-electron chi connectivity index (χ3n) is 5.43. The zero-order valence-corrected chi connectivity index (χ0v) is 19.5. The van der Waals surface area contributed by atoms with Gasteiger partial charge in [-0.1, -0.05) is 24.4 Å². The molecule has 1 amide bonds. The van der Waals surface area contributed by atoms with E-state index in [2.05, 4.69) is 25.8 Å². The van der Waals surface area contributed by atoms with Crippen molar-refractivity contribution in [2.45, 2.75) is 44.2 Å². The molecule has 3 rings (SSSR count). The molecule has 0 radical (unpaired) electrons. The van der Waals surface area contributed by atoms with E-state index in [0.29, 0.717) is 29.7 Å². The monoisotopic (exact) mass is 519 g/mol. The van der Waals surface area contributed by atoms with Gasteiger partial charge < -0.3 is 16.0 Å². The first-order valence-corrected chi connectivity index (χ1v) is 10.3. The van der Waals surface area contributed by atoms with Crippen molar-refractivity contribution in [1.29, 1.82) is 0 Å². The van der Waals surface area contributed by atoms with E-state index in [0.717, 1.165) is 25.0 Å². The van der Waals surface area contributed by atoms with Crippen LogP contribution in [0.2, 0.25) is 5.02 Å². The molecule has 8 heteroatoms. The number of nitrogens with one attached hydrogen (secondary N) is 3. The van der Waals surface area contributed by atoms with Gasteiger partial charge in [0.2, 0.25) is 0 Å². The lowest BCUT2D eigenvalue weighted by Crippen LogP contribution is -2.47. The molecule has 1 aliphatic heterocycles. The summed E-state index contributed by atoms with van der Waals surface area (Å²) in [6, 6.07) is 8.12. The summed E-state index contributed by atoms with van der Waals surface area (Å²) in [6.07, 6.45) is 6.62. The van der Waals surface area contributed by atoms with E-state index in [4.69, 9.17) is 11.6 Å². The Hall–Kier alpha value is -1.06. The van der Waals surface area contributed by atoms with Gasteiger partial charge in [0.15, 0.2) is 5.96 Å². The normalized spacial score (nSPS) is 20.6. The van der Waals surface area contributed by atoms with E-state index in [1.165, 1.54) is 32.2 Å². The van der Waals surface area contributed by atoms with Crippen molar-refractivity contribution in [1.82, 2.24) is 20.9 Å². The van der Waals surface area contributed by atoms with E-state index < -0.39 is 0 Å². The zero-order valence-electron chi connectivity index (χ0n) is 16.4. The highest BCUT2D eigenvalue weighted by molar-refractivity contribution is 14.0. The van der Waals surface area contributed by atoms with Gasteiger partial charge in [-0.2, -0.15) is 0 Å². The fourth-order valence-electron chi connectivity index (χ4n) is 3.95. The average Bonchev–Trinajstić information content (AvgIpc) is 3.36. The van der Waals surface area contributed by atoms with E-state index in [9.17, 15) is 4.79 Å². The number of amides is 1. The lowest BCUT2D eigenvalue weighted by molar-refractivity contribution is 0.0954. The van der Waals surface area contributed by atoms with Crippen LogP contribution >= 0.6 is 35.6 Å². The summed E-state index contributed by atoms with van der Waals surface area (Å²) in [6.45, 7) is 3.42. The van der Waals surface area contributed by atoms with E-state index in [1.54, 1.807) is 31.3 Å². The fraction of sp³-hybridized carbons (Fsp3) is 0.600. The van der Waals surface area contributed by atoms with Crippen LogP contribution in [0.3, 0.4) is 0 Å². The van der Waals surface area contributed by atoms with E-state index in [1.807, 2.05) is 0 Å². The minimum atomic E-state index is -0.0978. The average molecular weight is 520 g/mol. The van der Waals surface area contributed by atoms with Gasteiger partial charge in [0.05, 0.1) is 0 Å². The first-order chi connectivity index (χ1) is 13.2. The number of benzene rings is 1. The predicted octanol–water partition coefficient (Wildman–Crippen LogP) is 2.87. The summed E-state index contributed by atoms with van der Waals surface area (Å²) in [4.78, 5) is 19.0. The number of aliphatic imine (C=N–C) groups is 1. The van der Waals surface area contributed by atoms with Gasteiger partial charge in [-0.3, -0.25) is 14.7 Å². The molecule has 6 nitrogen and oxygen atoms in total. The van der Waals surface area contributed by atoms with Crippen LogP contribution in [0.4, 0.5) is 0 Å². The first kappa shape index (κ1) is 23.2. The lowest BCUT2D eigenvalue weighted by Gasteiger charge is -2.24. The van der Waals surface area contributed by atoms with Crippen molar-refractivity contribution in [3.8, 4) is 0 Å². The van der Waals surface area contributed by atoms with Gasteiger partial charge in [0.1, 0.15) is 0 Å². The maximum absolute atomic E-state index is 12.1. The minimum Gasteiger partial charge on any atom is -0.355 e. The number of likely N-dealkylation sites (tertiary alicyclic amines) is 1. The SMILES string of the molecule is CN=C(NCCNC(=O)c1ccc(Cl)cc1)NC1CCN(C2CCCC2)C1.I. The number of hydrogen-bond acceptors (Lipinski definition) is 3. The predicted molar refractivity (Wildman–Crippen MR) is 126 cm³/mol. The van der Waals surface area contributed by atoms with Crippen LogP contribution < -0.4 is 16.0 Å². The summed E-state index contributed by atoms with van der Waals surface area (Å²) in [5.41, 5.74) is 0.611. The van der Waals surface area contributed by atoms with Crippen molar-refractivity contribution in [2.24, 2.45) is 4.99 Å². The number of rotatable bonds is 6. The zero-order chi connectivity index (χ0) is 19.1. The number of halogens is 2. The van der Waals surface area contributed by atoms with Crippen LogP contribution in [-0.2, 0) is 0 Å². The Morgan fingerprint density at radius 2 is 1.82 bits per heavy atom. The summed E-state index contributed by atoms with van der Waals surface area (Å²) >= 11 is 5.84. The molecule has 1 aromatic carbocycles. The van der Waals surface area contributed by atoms with Crippen LogP contribution in [0.25, 0.3) is 0 Å². The standard InChI is InChI=1S/C20H30ClN5O.HI/c1-22-20(25-17-10-13-26(14-17)18-4-2-3-5-18)24-12-11-23-19(27)15-6-8-16(21)9-7-15;/h6-9,17-18H,2-5,10-14H2,1H3,(H,23,27)(H2,22,24,25);1H. The Morgan fingerprint density at radius 3 is 2.50 bits per heavy atom. The molecule has 2 fully saturated rings. The molecule has 2 aliphatic rings. The number of carbonyl (C=O) groups excluding carboxylic acids is 1. The number of guanidine groups is 1. The topological polar surface area (TPSA) is 68.8 Å². The van der Waals surface area contributed by atoms with E-state index in [-0.39, 0.29) is 29.9 Å². The molecule has 1 unspecified atom stereocenters. The van der Waals surface area contributed by atoms with Crippen molar-refractivity contribution >= 4 is 47.4 Å². The fourth-order valence-corrected chi connectivity index (χ4v) is 4.08. The van der Waals surface area contributed by atoms with Crippen molar-refractivity contribution in [3.05, 3.63) is 34.9 Å². The Labute approximate surface area is 189 Å².